The first kappa shape index (κ1) is 14.8. The minimum absolute atomic E-state index is 0.0151. The van der Waals surface area contributed by atoms with Gasteiger partial charge >= 0.3 is 0 Å². The molecule has 3 nitrogen and oxygen atoms in total. The normalized spacial score (nSPS) is 21.8. The maximum atomic E-state index is 13.1. The Morgan fingerprint density at radius 3 is 2.68 bits per heavy atom. The molecule has 0 radical (unpaired) electrons. The zero-order valence-electron chi connectivity index (χ0n) is 11.3. The van der Waals surface area contributed by atoms with E-state index in [9.17, 15) is 13.9 Å². The molecule has 108 valence electrons. The fourth-order valence-corrected chi connectivity index (χ4v) is 3.32. The third-order valence-electron chi connectivity index (χ3n) is 3.68. The molecule has 1 N–H and O–H groups in total. The number of aliphatic hydroxyl groups excluding tert-OH is 1. The van der Waals surface area contributed by atoms with E-state index < -0.39 is 12.0 Å². The second kappa shape index (κ2) is 5.81. The Morgan fingerprint density at radius 2 is 2.16 bits per heavy atom. The molecule has 19 heavy (non-hydrogen) atoms. The van der Waals surface area contributed by atoms with Crippen LogP contribution < -0.4 is 0 Å². The predicted octanol–water partition coefficient (Wildman–Crippen LogP) is 3.21. The lowest BCUT2D eigenvalue weighted by atomic mass is 9.91. The van der Waals surface area contributed by atoms with Gasteiger partial charge in [0, 0.05) is 25.1 Å². The number of thiazole rings is 1. The van der Waals surface area contributed by atoms with Gasteiger partial charge in [-0.25, -0.2) is 13.8 Å². The molecule has 1 heterocycles. The van der Waals surface area contributed by atoms with Gasteiger partial charge in [0.05, 0.1) is 17.5 Å². The van der Waals surface area contributed by atoms with Crippen LogP contribution in [0.25, 0.3) is 0 Å². The van der Waals surface area contributed by atoms with Crippen LogP contribution in [0.15, 0.2) is 6.20 Å². The molecular weight excluding hydrogens is 270 g/mol. The average Bonchev–Trinajstić information content (AvgIpc) is 2.77. The van der Waals surface area contributed by atoms with Gasteiger partial charge in [0.15, 0.2) is 0 Å². The van der Waals surface area contributed by atoms with E-state index in [0.29, 0.717) is 19.4 Å². The maximum absolute atomic E-state index is 13.1. The zero-order valence-corrected chi connectivity index (χ0v) is 12.1. The minimum atomic E-state index is -2.47. The second-order valence-corrected chi connectivity index (χ2v) is 6.48. The number of hydrogen-bond acceptors (Lipinski definition) is 4. The van der Waals surface area contributed by atoms with Crippen molar-refractivity contribution in [1.82, 2.24) is 9.88 Å². The molecule has 0 bridgehead atoms. The van der Waals surface area contributed by atoms with E-state index in [4.69, 9.17) is 0 Å². The summed E-state index contributed by atoms with van der Waals surface area (Å²) in [4.78, 5) is 7.21. The number of aliphatic hydroxyl groups is 1. The summed E-state index contributed by atoms with van der Waals surface area (Å²) in [7, 11) is 1.96. The predicted molar refractivity (Wildman–Crippen MR) is 71.4 cm³/mol. The number of aromatic nitrogens is 1. The Labute approximate surface area is 116 Å². The SMILES string of the molecule is CC(O)c1cnc(CN(C)C2CCC(F)(F)CC2)s1. The van der Waals surface area contributed by atoms with E-state index in [1.807, 2.05) is 7.05 Å². The Hall–Kier alpha value is -0.590. The Bertz CT molecular complexity index is 413. The van der Waals surface area contributed by atoms with Crippen LogP contribution >= 0.6 is 11.3 Å². The zero-order chi connectivity index (χ0) is 14.0. The van der Waals surface area contributed by atoms with E-state index in [0.717, 1.165) is 9.88 Å². The van der Waals surface area contributed by atoms with E-state index in [1.54, 1.807) is 13.1 Å². The van der Waals surface area contributed by atoms with E-state index >= 15 is 0 Å². The van der Waals surface area contributed by atoms with Crippen LogP contribution in [0.5, 0.6) is 0 Å². The maximum Gasteiger partial charge on any atom is 0.248 e. The lowest BCUT2D eigenvalue weighted by molar-refractivity contribution is -0.0519. The largest absolute Gasteiger partial charge is 0.388 e. The topological polar surface area (TPSA) is 36.4 Å². The molecule has 1 aliphatic carbocycles. The average molecular weight is 290 g/mol. The van der Waals surface area contributed by atoms with Crippen LogP contribution in [0.4, 0.5) is 8.78 Å². The number of nitrogens with zero attached hydrogens (tertiary/aromatic N) is 2. The summed E-state index contributed by atoms with van der Waals surface area (Å²) in [5.74, 6) is -2.47. The highest BCUT2D eigenvalue weighted by atomic mass is 32.1. The van der Waals surface area contributed by atoms with Gasteiger partial charge in [-0.15, -0.1) is 11.3 Å². The van der Waals surface area contributed by atoms with Gasteiger partial charge in [0.2, 0.25) is 5.92 Å². The second-order valence-electron chi connectivity index (χ2n) is 5.33. The molecular formula is C13H20F2N2OS. The molecule has 0 aliphatic heterocycles. The van der Waals surface area contributed by atoms with Crippen LogP contribution in [0.1, 0.15) is 48.6 Å². The smallest absolute Gasteiger partial charge is 0.248 e. The molecule has 0 amide bonds. The summed E-state index contributed by atoms with van der Waals surface area (Å²) >= 11 is 1.48. The molecule has 1 aromatic rings. The van der Waals surface area contributed by atoms with Crippen LogP contribution in [0.2, 0.25) is 0 Å². The molecule has 1 atom stereocenters. The van der Waals surface area contributed by atoms with Crippen molar-refractivity contribution in [1.29, 1.82) is 0 Å². The summed E-state index contributed by atoms with van der Waals surface area (Å²) in [5.41, 5.74) is 0. The Morgan fingerprint density at radius 1 is 1.53 bits per heavy atom. The first-order valence-electron chi connectivity index (χ1n) is 6.58. The summed E-state index contributed by atoms with van der Waals surface area (Å²) in [5, 5.41) is 10.4. The highest BCUT2D eigenvalue weighted by Gasteiger charge is 2.36. The quantitative estimate of drug-likeness (QED) is 0.925. The summed E-state index contributed by atoms with van der Waals surface area (Å²) < 4.78 is 26.2. The van der Waals surface area contributed by atoms with Crippen LogP contribution in [0.3, 0.4) is 0 Å². The molecule has 1 aromatic heterocycles. The van der Waals surface area contributed by atoms with Gasteiger partial charge in [-0.05, 0) is 26.8 Å². The van der Waals surface area contributed by atoms with Gasteiger partial charge in [0.25, 0.3) is 0 Å². The van der Waals surface area contributed by atoms with Crippen LogP contribution in [-0.2, 0) is 6.54 Å². The van der Waals surface area contributed by atoms with Crippen molar-refractivity contribution in [3.05, 3.63) is 16.1 Å². The molecule has 0 spiro atoms. The molecule has 1 saturated carbocycles. The third kappa shape index (κ3) is 3.94. The van der Waals surface area contributed by atoms with E-state index in [-0.39, 0.29) is 18.9 Å². The number of halogens is 2. The first-order valence-corrected chi connectivity index (χ1v) is 7.40. The van der Waals surface area contributed by atoms with Gasteiger partial charge in [-0.1, -0.05) is 0 Å². The highest BCUT2D eigenvalue weighted by Crippen LogP contribution is 2.35. The molecule has 0 aromatic carbocycles. The number of rotatable bonds is 4. The molecule has 6 heteroatoms. The van der Waals surface area contributed by atoms with Crippen molar-refractivity contribution in [2.75, 3.05) is 7.05 Å². The van der Waals surface area contributed by atoms with Crippen LogP contribution in [0, 0.1) is 0 Å². The lowest BCUT2D eigenvalue weighted by Crippen LogP contribution is -2.38. The van der Waals surface area contributed by atoms with E-state index in [2.05, 4.69) is 9.88 Å². The summed E-state index contributed by atoms with van der Waals surface area (Å²) in [6.07, 6.45) is 2.24. The number of hydrogen-bond donors (Lipinski definition) is 1. The summed E-state index contributed by atoms with van der Waals surface area (Å²) in [6, 6.07) is 0.207. The highest BCUT2D eigenvalue weighted by molar-refractivity contribution is 7.11. The van der Waals surface area contributed by atoms with Crippen molar-refractivity contribution in [3.63, 3.8) is 0 Å². The standard InChI is InChI=1S/C13H20F2N2OS/c1-9(18)11-7-16-12(19-11)8-17(2)10-3-5-13(14,15)6-4-10/h7,9-10,18H,3-6,8H2,1-2H3. The minimum Gasteiger partial charge on any atom is -0.388 e. The monoisotopic (exact) mass is 290 g/mol. The van der Waals surface area contributed by atoms with Crippen molar-refractivity contribution in [3.8, 4) is 0 Å². The fourth-order valence-electron chi connectivity index (χ4n) is 2.40. The molecule has 2 rings (SSSR count). The molecule has 1 fully saturated rings. The Balaban J connectivity index is 1.88. The Kier molecular flexibility index (Phi) is 4.53. The van der Waals surface area contributed by atoms with Gasteiger partial charge in [0.1, 0.15) is 5.01 Å². The lowest BCUT2D eigenvalue weighted by Gasteiger charge is -2.34. The van der Waals surface area contributed by atoms with E-state index in [1.165, 1.54) is 11.3 Å². The third-order valence-corrected chi connectivity index (χ3v) is 4.83. The summed E-state index contributed by atoms with van der Waals surface area (Å²) in [6.45, 7) is 2.37. The van der Waals surface area contributed by atoms with Crippen molar-refractivity contribution in [2.45, 2.75) is 57.2 Å². The first-order chi connectivity index (χ1) is 8.87. The molecule has 1 aliphatic rings. The van der Waals surface area contributed by atoms with Crippen molar-refractivity contribution >= 4 is 11.3 Å². The van der Waals surface area contributed by atoms with Crippen LogP contribution in [-0.4, -0.2) is 34.0 Å². The van der Waals surface area contributed by atoms with Crippen molar-refractivity contribution < 1.29 is 13.9 Å². The van der Waals surface area contributed by atoms with Gasteiger partial charge in [-0.2, -0.15) is 0 Å². The molecule has 0 saturated heterocycles. The van der Waals surface area contributed by atoms with Gasteiger partial charge < -0.3 is 5.11 Å². The fraction of sp³-hybridized carbons (Fsp3) is 0.769. The number of alkyl halides is 2. The van der Waals surface area contributed by atoms with Crippen molar-refractivity contribution in [2.24, 2.45) is 0 Å². The molecule has 1 unspecified atom stereocenters. The van der Waals surface area contributed by atoms with Gasteiger partial charge in [-0.3, -0.25) is 4.90 Å².